The number of hydrogen-bond donors (Lipinski definition) is 2. The number of hydrogen-bond acceptors (Lipinski definition) is 6. The van der Waals surface area contributed by atoms with Crippen LogP contribution in [0.1, 0.15) is 31.1 Å². The number of Topliss-reactive ketones (excluding diaryl/α,β-unsaturated/α-hetero) is 1. The van der Waals surface area contributed by atoms with E-state index in [4.69, 9.17) is 0 Å². The lowest BCUT2D eigenvalue weighted by molar-refractivity contribution is 0.0995. The van der Waals surface area contributed by atoms with Gasteiger partial charge in [0.2, 0.25) is 5.13 Å². The summed E-state index contributed by atoms with van der Waals surface area (Å²) >= 11 is 2.95. The first-order valence-electron chi connectivity index (χ1n) is 7.89. The van der Waals surface area contributed by atoms with Crippen LogP contribution in [0.5, 0.6) is 0 Å². The fraction of sp³-hybridized carbons (Fsp3) is 0.353. The van der Waals surface area contributed by atoms with Crippen LogP contribution < -0.4 is 5.32 Å². The number of nitrogens with zero attached hydrogens (tertiary/aromatic N) is 2. The molecular formula is C17H20N4OS2. The lowest BCUT2D eigenvalue weighted by Crippen LogP contribution is -2.12. The number of rotatable bonds is 7. The predicted octanol–water partition coefficient (Wildman–Crippen LogP) is 4.45. The zero-order valence-electron chi connectivity index (χ0n) is 13.9. The molecule has 3 aromatic rings. The Morgan fingerprint density at radius 3 is 2.88 bits per heavy atom. The Kier molecular flexibility index (Phi) is 5.20. The number of aromatic nitrogens is 3. The molecule has 0 radical (unpaired) electrons. The van der Waals surface area contributed by atoms with Gasteiger partial charge in [-0.25, -0.2) is 0 Å². The Bertz CT molecular complexity index is 840. The summed E-state index contributed by atoms with van der Waals surface area (Å²) in [4.78, 5) is 15.9. The molecule has 0 spiro atoms. The van der Waals surface area contributed by atoms with Gasteiger partial charge in [-0.05, 0) is 18.9 Å². The minimum absolute atomic E-state index is 0.101. The Labute approximate surface area is 149 Å². The van der Waals surface area contributed by atoms with E-state index in [9.17, 15) is 4.79 Å². The number of fused-ring (bicyclic) bond motifs is 1. The van der Waals surface area contributed by atoms with Gasteiger partial charge in [0.1, 0.15) is 0 Å². The molecule has 0 aliphatic heterocycles. The maximum absolute atomic E-state index is 12.7. The number of thioether (sulfide) groups is 1. The average molecular weight is 361 g/mol. The van der Waals surface area contributed by atoms with E-state index in [-0.39, 0.29) is 11.0 Å². The van der Waals surface area contributed by atoms with Gasteiger partial charge >= 0.3 is 0 Å². The van der Waals surface area contributed by atoms with Crippen molar-refractivity contribution in [3.05, 3.63) is 36.0 Å². The number of nitrogens with one attached hydrogen (secondary N) is 2. The molecule has 0 bridgehead atoms. The van der Waals surface area contributed by atoms with E-state index in [1.165, 1.54) is 23.1 Å². The number of carbonyl (C=O) groups is 1. The highest BCUT2D eigenvalue weighted by atomic mass is 32.2. The third kappa shape index (κ3) is 3.79. The minimum Gasteiger partial charge on any atom is -0.360 e. The van der Waals surface area contributed by atoms with E-state index in [0.29, 0.717) is 5.92 Å². The Balaban J connectivity index is 1.68. The van der Waals surface area contributed by atoms with Crippen LogP contribution in [0, 0.1) is 5.92 Å². The molecule has 0 aliphatic carbocycles. The van der Waals surface area contributed by atoms with E-state index in [2.05, 4.69) is 34.3 Å². The summed E-state index contributed by atoms with van der Waals surface area (Å²) in [6, 6.07) is 7.84. The fourth-order valence-corrected chi connectivity index (χ4v) is 4.29. The lowest BCUT2D eigenvalue weighted by atomic mass is 10.1. The van der Waals surface area contributed by atoms with Gasteiger partial charge in [0.15, 0.2) is 10.1 Å². The molecule has 2 heterocycles. The second-order valence-electron chi connectivity index (χ2n) is 6.02. The van der Waals surface area contributed by atoms with Crippen LogP contribution >= 0.6 is 23.1 Å². The molecule has 3 rings (SSSR count). The average Bonchev–Trinajstić information content (AvgIpc) is 3.18. The van der Waals surface area contributed by atoms with Crippen molar-refractivity contribution in [3.8, 4) is 0 Å². The summed E-state index contributed by atoms with van der Waals surface area (Å²) in [5.74, 6) is 0.650. The maximum atomic E-state index is 12.7. The van der Waals surface area contributed by atoms with E-state index < -0.39 is 0 Å². The van der Waals surface area contributed by atoms with E-state index in [1.807, 2.05) is 31.2 Å². The highest BCUT2D eigenvalue weighted by molar-refractivity contribution is 8.02. The number of para-hydroxylation sites is 1. The van der Waals surface area contributed by atoms with E-state index >= 15 is 0 Å². The summed E-state index contributed by atoms with van der Waals surface area (Å²) in [6.07, 6.45) is 1.79. The van der Waals surface area contributed by atoms with Crippen molar-refractivity contribution in [2.24, 2.45) is 5.92 Å². The summed E-state index contributed by atoms with van der Waals surface area (Å²) in [5.41, 5.74) is 1.71. The van der Waals surface area contributed by atoms with Gasteiger partial charge in [-0.15, -0.1) is 10.2 Å². The molecule has 126 valence electrons. The van der Waals surface area contributed by atoms with Crippen molar-refractivity contribution >= 4 is 44.9 Å². The molecule has 1 atom stereocenters. The highest BCUT2D eigenvalue weighted by Crippen LogP contribution is 2.31. The Morgan fingerprint density at radius 2 is 2.08 bits per heavy atom. The van der Waals surface area contributed by atoms with Gasteiger partial charge in [0, 0.05) is 29.2 Å². The number of H-pyrrole nitrogens is 1. The van der Waals surface area contributed by atoms with Gasteiger partial charge < -0.3 is 10.3 Å². The molecule has 0 saturated heterocycles. The molecule has 0 saturated carbocycles. The van der Waals surface area contributed by atoms with E-state index in [1.54, 1.807) is 6.20 Å². The molecule has 24 heavy (non-hydrogen) atoms. The summed E-state index contributed by atoms with van der Waals surface area (Å²) in [5, 5.41) is 13.1. The van der Waals surface area contributed by atoms with Crippen molar-refractivity contribution < 1.29 is 4.79 Å². The molecule has 0 amide bonds. The number of anilines is 1. The maximum Gasteiger partial charge on any atom is 0.206 e. The Morgan fingerprint density at radius 1 is 1.29 bits per heavy atom. The van der Waals surface area contributed by atoms with Gasteiger partial charge in [0.25, 0.3) is 0 Å². The van der Waals surface area contributed by atoms with Crippen molar-refractivity contribution in [2.75, 3.05) is 11.9 Å². The molecule has 7 heteroatoms. The third-order valence-electron chi connectivity index (χ3n) is 3.57. The first-order chi connectivity index (χ1) is 11.5. The van der Waals surface area contributed by atoms with Crippen LogP contribution in [-0.2, 0) is 0 Å². The first-order valence-corrected chi connectivity index (χ1v) is 9.58. The topological polar surface area (TPSA) is 70.7 Å². The molecule has 0 fully saturated rings. The van der Waals surface area contributed by atoms with Crippen molar-refractivity contribution in [1.29, 1.82) is 0 Å². The Hall–Kier alpha value is -1.86. The molecule has 2 N–H and O–H groups in total. The molecule has 0 unspecified atom stereocenters. The molecule has 2 aromatic heterocycles. The van der Waals surface area contributed by atoms with Crippen LogP contribution in [0.15, 0.2) is 34.8 Å². The number of benzene rings is 1. The standard InChI is InChI=1S/C17H20N4OS2/c1-10(2)8-19-16-20-21-17(24-16)23-11(3)15(22)13-9-18-14-7-5-4-6-12(13)14/h4-7,9-11,18H,8H2,1-3H3,(H,19,20)/t11-/m0/s1. The van der Waals surface area contributed by atoms with Gasteiger partial charge in [-0.3, -0.25) is 4.79 Å². The van der Waals surface area contributed by atoms with Crippen molar-refractivity contribution in [1.82, 2.24) is 15.2 Å². The van der Waals surface area contributed by atoms with Gasteiger partial charge in [-0.2, -0.15) is 0 Å². The smallest absolute Gasteiger partial charge is 0.206 e. The zero-order valence-corrected chi connectivity index (χ0v) is 15.5. The quantitative estimate of drug-likeness (QED) is 0.481. The predicted molar refractivity (Wildman–Crippen MR) is 101 cm³/mol. The monoisotopic (exact) mass is 360 g/mol. The summed E-state index contributed by atoms with van der Waals surface area (Å²) in [7, 11) is 0. The van der Waals surface area contributed by atoms with Crippen LogP contribution in [-0.4, -0.2) is 32.8 Å². The van der Waals surface area contributed by atoms with Crippen LogP contribution in [0.4, 0.5) is 5.13 Å². The SMILES string of the molecule is CC(C)CNc1nnc(S[C@@H](C)C(=O)c2c[nH]c3ccccc23)s1. The number of carbonyl (C=O) groups excluding carboxylic acids is 1. The van der Waals surface area contributed by atoms with Crippen molar-refractivity contribution in [3.63, 3.8) is 0 Å². The molecule has 0 aliphatic rings. The van der Waals surface area contributed by atoms with E-state index in [0.717, 1.165) is 32.5 Å². The number of aromatic amines is 1. The number of ketones is 1. The lowest BCUT2D eigenvalue weighted by Gasteiger charge is -2.07. The largest absolute Gasteiger partial charge is 0.360 e. The zero-order chi connectivity index (χ0) is 17.1. The minimum atomic E-state index is -0.213. The van der Waals surface area contributed by atoms with Crippen LogP contribution in [0.2, 0.25) is 0 Å². The van der Waals surface area contributed by atoms with Crippen LogP contribution in [0.3, 0.4) is 0 Å². The van der Waals surface area contributed by atoms with Gasteiger partial charge in [0.05, 0.1) is 5.25 Å². The van der Waals surface area contributed by atoms with Gasteiger partial charge in [-0.1, -0.05) is 55.1 Å². The highest BCUT2D eigenvalue weighted by Gasteiger charge is 2.21. The molecule has 5 nitrogen and oxygen atoms in total. The normalized spacial score (nSPS) is 12.7. The second-order valence-corrected chi connectivity index (χ2v) is 8.59. The summed E-state index contributed by atoms with van der Waals surface area (Å²) in [6.45, 7) is 7.07. The fourth-order valence-electron chi connectivity index (χ4n) is 2.32. The van der Waals surface area contributed by atoms with Crippen LogP contribution in [0.25, 0.3) is 10.9 Å². The first kappa shape index (κ1) is 17.0. The second kappa shape index (κ2) is 7.36. The summed E-state index contributed by atoms with van der Waals surface area (Å²) < 4.78 is 0.807. The molecular weight excluding hydrogens is 340 g/mol. The molecule has 1 aromatic carbocycles. The van der Waals surface area contributed by atoms with Crippen molar-refractivity contribution in [2.45, 2.75) is 30.4 Å². The third-order valence-corrected chi connectivity index (χ3v) is 5.63.